The van der Waals surface area contributed by atoms with Gasteiger partial charge in [0.15, 0.2) is 0 Å². The van der Waals surface area contributed by atoms with Gasteiger partial charge in [-0.2, -0.15) is 11.8 Å². The maximum Gasteiger partial charge on any atom is 0.253 e. The van der Waals surface area contributed by atoms with Crippen molar-refractivity contribution in [2.24, 2.45) is 0 Å². The monoisotopic (exact) mass is 405 g/mol. The smallest absolute Gasteiger partial charge is 0.253 e. The van der Waals surface area contributed by atoms with E-state index in [2.05, 4.69) is 17.6 Å². The molecule has 1 heterocycles. The van der Waals surface area contributed by atoms with Crippen LogP contribution in [0, 0.1) is 0 Å². The van der Waals surface area contributed by atoms with Gasteiger partial charge in [0.05, 0.1) is 10.6 Å². The highest BCUT2D eigenvalue weighted by Gasteiger charge is 2.28. The summed E-state index contributed by atoms with van der Waals surface area (Å²) in [6.45, 7) is 4.16. The Morgan fingerprint density at radius 1 is 1.44 bits per heavy atom. The highest BCUT2D eigenvalue weighted by molar-refractivity contribution is 7.98. The van der Waals surface area contributed by atoms with E-state index < -0.39 is 6.04 Å². The first-order valence-corrected chi connectivity index (χ1v) is 9.86. The molecule has 140 valence electrons. The fourth-order valence-electron chi connectivity index (χ4n) is 2.73. The molecule has 2 rings (SSSR count). The highest BCUT2D eigenvalue weighted by Crippen LogP contribution is 2.16. The maximum atomic E-state index is 12.8. The minimum Gasteiger partial charge on any atom is -0.340 e. The number of halogens is 2. The van der Waals surface area contributed by atoms with Gasteiger partial charge in [-0.3, -0.25) is 9.59 Å². The van der Waals surface area contributed by atoms with E-state index in [1.807, 2.05) is 11.2 Å². The van der Waals surface area contributed by atoms with Crippen LogP contribution in [0.4, 0.5) is 0 Å². The van der Waals surface area contributed by atoms with E-state index in [4.69, 9.17) is 11.6 Å². The lowest BCUT2D eigenvalue weighted by molar-refractivity contribution is -0.134. The van der Waals surface area contributed by atoms with Gasteiger partial charge in [-0.1, -0.05) is 23.7 Å². The van der Waals surface area contributed by atoms with Crippen LogP contribution in [0.5, 0.6) is 0 Å². The van der Waals surface area contributed by atoms with E-state index >= 15 is 0 Å². The molecule has 1 saturated heterocycles. The summed E-state index contributed by atoms with van der Waals surface area (Å²) in [7, 11) is 0. The number of amides is 2. The molecule has 0 radical (unpaired) electrons. The van der Waals surface area contributed by atoms with Crippen LogP contribution < -0.4 is 10.6 Å². The molecule has 1 fully saturated rings. The van der Waals surface area contributed by atoms with E-state index in [0.717, 1.165) is 12.3 Å². The van der Waals surface area contributed by atoms with Crippen molar-refractivity contribution in [3.05, 3.63) is 34.9 Å². The molecule has 0 aromatic heterocycles. The molecule has 8 heteroatoms. The molecule has 1 aromatic carbocycles. The molecule has 0 spiro atoms. The minimum absolute atomic E-state index is 0. The van der Waals surface area contributed by atoms with Crippen LogP contribution in [0.1, 0.15) is 23.7 Å². The van der Waals surface area contributed by atoms with Gasteiger partial charge in [-0.15, -0.1) is 12.4 Å². The van der Waals surface area contributed by atoms with Crippen LogP contribution in [0.15, 0.2) is 24.3 Å². The van der Waals surface area contributed by atoms with Crippen molar-refractivity contribution in [1.82, 2.24) is 15.5 Å². The predicted molar refractivity (Wildman–Crippen MR) is 107 cm³/mol. The summed E-state index contributed by atoms with van der Waals surface area (Å²) in [4.78, 5) is 27.2. The standard InChI is InChI=1S/C17H24ClN3O2S.ClH/c1-12-11-21(9-8-19-12)17(23)15(7-10-24-2)20-16(22)13-5-3-4-6-14(13)18;/h3-6,12,15,19H,7-11H2,1-2H3,(H,20,22);1H. The molecule has 2 atom stereocenters. The lowest BCUT2D eigenvalue weighted by Gasteiger charge is -2.34. The summed E-state index contributed by atoms with van der Waals surface area (Å²) in [5.41, 5.74) is 0.398. The zero-order valence-corrected chi connectivity index (χ0v) is 16.8. The number of piperazine rings is 1. The Kier molecular flexibility index (Phi) is 9.64. The van der Waals surface area contributed by atoms with Crippen LogP contribution in [0.2, 0.25) is 5.02 Å². The fraction of sp³-hybridized carbons (Fsp3) is 0.529. The third kappa shape index (κ3) is 6.37. The van der Waals surface area contributed by atoms with E-state index in [0.29, 0.717) is 30.1 Å². The van der Waals surface area contributed by atoms with Gasteiger partial charge in [-0.25, -0.2) is 0 Å². The van der Waals surface area contributed by atoms with E-state index in [-0.39, 0.29) is 30.3 Å². The van der Waals surface area contributed by atoms with Gasteiger partial charge >= 0.3 is 0 Å². The number of nitrogens with one attached hydrogen (secondary N) is 2. The highest BCUT2D eigenvalue weighted by atomic mass is 35.5. The Labute approximate surface area is 164 Å². The Morgan fingerprint density at radius 3 is 2.80 bits per heavy atom. The lowest BCUT2D eigenvalue weighted by Crippen LogP contribution is -2.56. The Balaban J connectivity index is 0.00000312. The topological polar surface area (TPSA) is 61.4 Å². The van der Waals surface area contributed by atoms with Crippen LogP contribution in [-0.4, -0.2) is 60.4 Å². The van der Waals surface area contributed by atoms with Crippen LogP contribution in [-0.2, 0) is 4.79 Å². The number of hydrogen-bond donors (Lipinski definition) is 2. The average molecular weight is 406 g/mol. The van der Waals surface area contributed by atoms with Gasteiger partial charge in [-0.05, 0) is 37.5 Å². The zero-order chi connectivity index (χ0) is 17.5. The molecular weight excluding hydrogens is 381 g/mol. The van der Waals surface area contributed by atoms with Gasteiger partial charge in [0.25, 0.3) is 5.91 Å². The van der Waals surface area contributed by atoms with Crippen LogP contribution in [0.25, 0.3) is 0 Å². The number of thioether (sulfide) groups is 1. The molecule has 0 aliphatic carbocycles. The third-order valence-electron chi connectivity index (χ3n) is 4.01. The van der Waals surface area contributed by atoms with Gasteiger partial charge < -0.3 is 15.5 Å². The van der Waals surface area contributed by atoms with Crippen LogP contribution in [0.3, 0.4) is 0 Å². The van der Waals surface area contributed by atoms with Gasteiger partial charge in [0.2, 0.25) is 5.91 Å². The van der Waals surface area contributed by atoms with Gasteiger partial charge in [0.1, 0.15) is 6.04 Å². The quantitative estimate of drug-likeness (QED) is 0.762. The number of nitrogens with zero attached hydrogens (tertiary/aromatic N) is 1. The van der Waals surface area contributed by atoms with Crippen LogP contribution >= 0.6 is 35.8 Å². The van der Waals surface area contributed by atoms with Crippen molar-refractivity contribution in [2.45, 2.75) is 25.4 Å². The molecule has 1 aromatic rings. The summed E-state index contributed by atoms with van der Waals surface area (Å²) in [6, 6.07) is 6.62. The number of benzene rings is 1. The molecule has 0 saturated carbocycles. The number of rotatable bonds is 6. The summed E-state index contributed by atoms with van der Waals surface area (Å²) >= 11 is 7.75. The van der Waals surface area contributed by atoms with Gasteiger partial charge in [0, 0.05) is 25.7 Å². The van der Waals surface area contributed by atoms with E-state index in [1.165, 1.54) is 0 Å². The van der Waals surface area contributed by atoms with Crippen molar-refractivity contribution < 1.29 is 9.59 Å². The first-order chi connectivity index (χ1) is 11.5. The molecular formula is C17H25Cl2N3O2S. The molecule has 2 N–H and O–H groups in total. The average Bonchev–Trinajstić information content (AvgIpc) is 2.58. The predicted octanol–water partition coefficient (Wildman–Crippen LogP) is 2.43. The Bertz CT molecular complexity index is 589. The molecule has 2 unspecified atom stereocenters. The van der Waals surface area contributed by atoms with Crippen molar-refractivity contribution in [3.63, 3.8) is 0 Å². The van der Waals surface area contributed by atoms with Crippen molar-refractivity contribution in [2.75, 3.05) is 31.6 Å². The molecule has 0 bridgehead atoms. The summed E-state index contributed by atoms with van der Waals surface area (Å²) < 4.78 is 0. The number of carbonyl (C=O) groups is 2. The van der Waals surface area contributed by atoms with E-state index in [1.54, 1.807) is 36.0 Å². The Hall–Kier alpha value is -0.950. The fourth-order valence-corrected chi connectivity index (χ4v) is 3.42. The summed E-state index contributed by atoms with van der Waals surface area (Å²) in [5.74, 6) is 0.488. The van der Waals surface area contributed by atoms with Crippen molar-refractivity contribution >= 4 is 47.6 Å². The minimum atomic E-state index is -0.522. The summed E-state index contributed by atoms with van der Waals surface area (Å²) in [6.07, 6.45) is 2.60. The summed E-state index contributed by atoms with van der Waals surface area (Å²) in [5, 5.41) is 6.58. The van der Waals surface area contributed by atoms with Crippen molar-refractivity contribution in [3.8, 4) is 0 Å². The van der Waals surface area contributed by atoms with Crippen molar-refractivity contribution in [1.29, 1.82) is 0 Å². The molecule has 25 heavy (non-hydrogen) atoms. The molecule has 1 aliphatic rings. The normalized spacial score (nSPS) is 18.2. The van der Waals surface area contributed by atoms with E-state index in [9.17, 15) is 9.59 Å². The molecule has 1 aliphatic heterocycles. The number of carbonyl (C=O) groups excluding carboxylic acids is 2. The molecule has 5 nitrogen and oxygen atoms in total. The lowest BCUT2D eigenvalue weighted by atomic mass is 10.1. The second-order valence-electron chi connectivity index (χ2n) is 5.93. The largest absolute Gasteiger partial charge is 0.340 e. The Morgan fingerprint density at radius 2 is 2.16 bits per heavy atom. The maximum absolute atomic E-state index is 12.8. The zero-order valence-electron chi connectivity index (χ0n) is 14.5. The second-order valence-corrected chi connectivity index (χ2v) is 7.32. The first kappa shape index (κ1) is 22.1. The molecule has 2 amide bonds. The number of hydrogen-bond acceptors (Lipinski definition) is 4. The second kappa shape index (κ2) is 10.9. The third-order valence-corrected chi connectivity index (χ3v) is 4.99. The first-order valence-electron chi connectivity index (χ1n) is 8.09. The SMILES string of the molecule is CSCCC(NC(=O)c1ccccc1Cl)C(=O)N1CCNC(C)C1.Cl.